The second kappa shape index (κ2) is 4.52. The van der Waals surface area contributed by atoms with E-state index in [0.717, 1.165) is 13.2 Å². The number of likely N-dealkylation sites (tertiary alicyclic amines) is 1. The van der Waals surface area contributed by atoms with Gasteiger partial charge in [0.15, 0.2) is 0 Å². The van der Waals surface area contributed by atoms with E-state index in [1.165, 1.54) is 45.2 Å². The number of ether oxygens (including phenoxy) is 1. The quantitative estimate of drug-likeness (QED) is 0.688. The van der Waals surface area contributed by atoms with Gasteiger partial charge in [-0.3, -0.25) is 0 Å². The van der Waals surface area contributed by atoms with E-state index in [1.807, 2.05) is 0 Å². The zero-order valence-electron chi connectivity index (χ0n) is 11.0. The number of quaternary nitrogens is 1. The van der Waals surface area contributed by atoms with E-state index in [2.05, 4.69) is 6.92 Å². The molecule has 98 valence electrons. The molecule has 1 aliphatic carbocycles. The van der Waals surface area contributed by atoms with Crippen molar-refractivity contribution in [3.05, 3.63) is 0 Å². The van der Waals surface area contributed by atoms with Crippen LogP contribution in [0.15, 0.2) is 0 Å². The van der Waals surface area contributed by atoms with Gasteiger partial charge in [0.1, 0.15) is 11.6 Å². The Balaban J connectivity index is 1.75. The molecule has 2 N–H and O–H groups in total. The Morgan fingerprint density at radius 1 is 1.12 bits per heavy atom. The van der Waals surface area contributed by atoms with Crippen LogP contribution >= 0.6 is 0 Å². The smallest absolute Gasteiger partial charge is 0.119 e. The van der Waals surface area contributed by atoms with Gasteiger partial charge >= 0.3 is 0 Å². The zero-order chi connectivity index (χ0) is 11.9. The minimum absolute atomic E-state index is 0.385. The molecule has 0 aromatic carbocycles. The van der Waals surface area contributed by atoms with Crippen LogP contribution in [-0.4, -0.2) is 43.1 Å². The van der Waals surface area contributed by atoms with E-state index in [4.69, 9.17) is 4.74 Å². The average Bonchev–Trinajstić information content (AvgIpc) is 2.80. The summed E-state index contributed by atoms with van der Waals surface area (Å²) in [6.07, 6.45) is 6.51. The van der Waals surface area contributed by atoms with E-state index in [1.54, 1.807) is 4.90 Å². The lowest BCUT2D eigenvalue weighted by Crippen LogP contribution is -3.19. The molecule has 2 heterocycles. The van der Waals surface area contributed by atoms with E-state index >= 15 is 0 Å². The molecule has 0 spiro atoms. The maximum Gasteiger partial charge on any atom is 0.119 e. The number of hydrogen-bond acceptors (Lipinski definition) is 2. The van der Waals surface area contributed by atoms with Crippen LogP contribution in [0.25, 0.3) is 0 Å². The van der Waals surface area contributed by atoms with Crippen LogP contribution in [0.4, 0.5) is 0 Å². The summed E-state index contributed by atoms with van der Waals surface area (Å²) in [6.45, 7) is 6.26. The van der Waals surface area contributed by atoms with Gasteiger partial charge in [-0.1, -0.05) is 0 Å². The summed E-state index contributed by atoms with van der Waals surface area (Å²) in [5.41, 5.74) is -0.508. The number of nitrogens with one attached hydrogen (secondary N) is 1. The van der Waals surface area contributed by atoms with Gasteiger partial charge < -0.3 is 14.7 Å². The van der Waals surface area contributed by atoms with Crippen LogP contribution in [0.5, 0.6) is 0 Å². The molecule has 3 nitrogen and oxygen atoms in total. The Labute approximate surface area is 104 Å². The maximum absolute atomic E-state index is 11.0. The third-order valence-electron chi connectivity index (χ3n) is 5.47. The standard InChI is InChI=1S/C14H25NO2/c1-14(16)12-10-17-9-11(12)5-6-13(14)15-7-3-2-4-8-15/h11-13,16H,2-10H2,1H3/p+1/t11-,12+,13-,14+/m0/s1. The third-order valence-corrected chi connectivity index (χ3v) is 5.47. The highest BCUT2D eigenvalue weighted by Gasteiger charge is 2.53. The first-order valence-electron chi connectivity index (χ1n) is 7.34. The van der Waals surface area contributed by atoms with Gasteiger partial charge in [0.2, 0.25) is 0 Å². The van der Waals surface area contributed by atoms with Gasteiger partial charge in [0.05, 0.1) is 19.7 Å². The minimum Gasteiger partial charge on any atom is -0.384 e. The molecule has 0 unspecified atom stereocenters. The zero-order valence-corrected chi connectivity index (χ0v) is 11.0. The predicted molar refractivity (Wildman–Crippen MR) is 66.0 cm³/mol. The molecular formula is C14H26NO2+. The summed E-state index contributed by atoms with van der Waals surface area (Å²) in [5.74, 6) is 1.00. The molecule has 3 heteroatoms. The Hall–Kier alpha value is -0.120. The van der Waals surface area contributed by atoms with Crippen LogP contribution in [-0.2, 0) is 4.74 Å². The summed E-state index contributed by atoms with van der Waals surface area (Å²) < 4.78 is 5.59. The molecule has 17 heavy (non-hydrogen) atoms. The number of piperidine rings is 1. The fourth-order valence-corrected chi connectivity index (χ4v) is 4.43. The average molecular weight is 240 g/mol. The van der Waals surface area contributed by atoms with Crippen molar-refractivity contribution in [2.45, 2.75) is 50.7 Å². The van der Waals surface area contributed by atoms with Crippen molar-refractivity contribution >= 4 is 0 Å². The topological polar surface area (TPSA) is 33.9 Å². The number of rotatable bonds is 1. The lowest BCUT2D eigenvalue weighted by atomic mass is 9.68. The molecule has 3 fully saturated rings. The molecule has 3 rings (SSSR count). The molecule has 0 aromatic heterocycles. The maximum atomic E-state index is 11.0. The van der Waals surface area contributed by atoms with E-state index < -0.39 is 5.60 Å². The predicted octanol–water partition coefficient (Wildman–Crippen LogP) is 0.231. The summed E-state index contributed by atoms with van der Waals surface area (Å²) in [4.78, 5) is 1.66. The first kappa shape index (κ1) is 11.9. The second-order valence-electron chi connectivity index (χ2n) is 6.48. The molecule has 1 saturated carbocycles. The summed E-state index contributed by atoms with van der Waals surface area (Å²) in [6, 6.07) is 0.450. The molecule has 4 atom stereocenters. The molecule has 0 aromatic rings. The normalized spacial score (nSPS) is 48.0. The largest absolute Gasteiger partial charge is 0.384 e. The van der Waals surface area contributed by atoms with Crippen molar-refractivity contribution in [3.63, 3.8) is 0 Å². The molecule has 0 bridgehead atoms. The highest BCUT2D eigenvalue weighted by atomic mass is 16.5. The van der Waals surface area contributed by atoms with Crippen molar-refractivity contribution in [3.8, 4) is 0 Å². The monoisotopic (exact) mass is 240 g/mol. The molecule has 2 aliphatic heterocycles. The molecule has 3 aliphatic rings. The van der Waals surface area contributed by atoms with Crippen LogP contribution in [0.2, 0.25) is 0 Å². The number of hydrogen-bond donors (Lipinski definition) is 2. The molecule has 0 amide bonds. The Kier molecular flexibility index (Phi) is 3.18. The van der Waals surface area contributed by atoms with Gasteiger partial charge in [0, 0.05) is 18.9 Å². The second-order valence-corrected chi connectivity index (χ2v) is 6.48. The van der Waals surface area contributed by atoms with Crippen LogP contribution in [0.1, 0.15) is 39.0 Å². The van der Waals surface area contributed by atoms with Gasteiger partial charge in [-0.25, -0.2) is 0 Å². The first-order valence-corrected chi connectivity index (χ1v) is 7.34. The van der Waals surface area contributed by atoms with Gasteiger partial charge in [0.25, 0.3) is 0 Å². The summed E-state index contributed by atoms with van der Waals surface area (Å²) in [7, 11) is 0. The Morgan fingerprint density at radius 3 is 2.65 bits per heavy atom. The lowest BCUT2D eigenvalue weighted by molar-refractivity contribution is -0.939. The lowest BCUT2D eigenvalue weighted by Gasteiger charge is -2.47. The van der Waals surface area contributed by atoms with Crippen molar-refractivity contribution < 1.29 is 14.7 Å². The highest BCUT2D eigenvalue weighted by Crippen LogP contribution is 2.40. The molecular weight excluding hydrogens is 214 g/mol. The van der Waals surface area contributed by atoms with E-state index in [0.29, 0.717) is 17.9 Å². The fourth-order valence-electron chi connectivity index (χ4n) is 4.43. The van der Waals surface area contributed by atoms with Crippen molar-refractivity contribution in [1.82, 2.24) is 0 Å². The van der Waals surface area contributed by atoms with Crippen molar-refractivity contribution in [1.29, 1.82) is 0 Å². The summed E-state index contributed by atoms with van der Waals surface area (Å²) in [5, 5.41) is 11.0. The summed E-state index contributed by atoms with van der Waals surface area (Å²) >= 11 is 0. The number of aliphatic hydroxyl groups is 1. The SMILES string of the molecule is C[C@@]1(O)[C@@H]2COC[C@@H]2CC[C@@H]1[NH+]1CCCCC1. The van der Waals surface area contributed by atoms with Crippen molar-refractivity contribution in [2.24, 2.45) is 11.8 Å². The highest BCUT2D eigenvalue weighted by molar-refractivity contribution is 4.99. The fraction of sp³-hybridized carbons (Fsp3) is 1.00. The van der Waals surface area contributed by atoms with Gasteiger partial charge in [-0.2, -0.15) is 0 Å². The van der Waals surface area contributed by atoms with E-state index in [-0.39, 0.29) is 0 Å². The third kappa shape index (κ3) is 2.02. The number of fused-ring (bicyclic) bond motifs is 1. The minimum atomic E-state index is -0.508. The van der Waals surface area contributed by atoms with Crippen LogP contribution in [0, 0.1) is 11.8 Å². The Bertz CT molecular complexity index is 273. The first-order chi connectivity index (χ1) is 8.19. The Morgan fingerprint density at radius 2 is 1.88 bits per heavy atom. The van der Waals surface area contributed by atoms with Gasteiger partial charge in [-0.15, -0.1) is 0 Å². The molecule has 0 radical (unpaired) electrons. The van der Waals surface area contributed by atoms with Crippen LogP contribution < -0.4 is 4.90 Å². The van der Waals surface area contributed by atoms with Gasteiger partial charge in [-0.05, 0) is 38.5 Å². The van der Waals surface area contributed by atoms with Crippen molar-refractivity contribution in [2.75, 3.05) is 26.3 Å². The van der Waals surface area contributed by atoms with E-state index in [9.17, 15) is 5.11 Å². The molecule has 2 saturated heterocycles. The van der Waals surface area contributed by atoms with Crippen LogP contribution in [0.3, 0.4) is 0 Å².